The lowest BCUT2D eigenvalue weighted by molar-refractivity contribution is 0.129. The first-order valence-electron chi connectivity index (χ1n) is 8.51. The molecule has 0 radical (unpaired) electrons. The predicted molar refractivity (Wildman–Crippen MR) is 113 cm³/mol. The molecule has 0 atom stereocenters. The van der Waals surface area contributed by atoms with Crippen molar-refractivity contribution >= 4 is 45.9 Å². The smallest absolute Gasteiger partial charge is 0.191 e. The average Bonchev–Trinajstić information content (AvgIpc) is 3.46. The minimum atomic E-state index is 0. The van der Waals surface area contributed by atoms with Crippen molar-refractivity contribution in [2.75, 3.05) is 33.4 Å². The summed E-state index contributed by atoms with van der Waals surface area (Å²) in [7, 11) is 1.82. The minimum absolute atomic E-state index is 0. The van der Waals surface area contributed by atoms with E-state index >= 15 is 0 Å². The SMILES string of the molecule is CN=C(NCCOCC1CC1)NCC1(c2ccccc2Br)CC1.I. The number of nitrogens with zero attached hydrogens (tertiary/aromatic N) is 1. The van der Waals surface area contributed by atoms with Gasteiger partial charge in [-0.1, -0.05) is 34.1 Å². The van der Waals surface area contributed by atoms with E-state index < -0.39 is 0 Å². The van der Waals surface area contributed by atoms with Gasteiger partial charge in [-0.3, -0.25) is 4.99 Å². The molecule has 2 aliphatic rings. The average molecular weight is 508 g/mol. The zero-order valence-corrected chi connectivity index (χ0v) is 18.1. The molecular formula is C18H27BrIN3O. The van der Waals surface area contributed by atoms with E-state index in [1.807, 2.05) is 7.05 Å². The number of nitrogens with one attached hydrogen (secondary N) is 2. The van der Waals surface area contributed by atoms with Crippen LogP contribution in [0.2, 0.25) is 0 Å². The highest BCUT2D eigenvalue weighted by molar-refractivity contribution is 14.0. The first kappa shape index (κ1) is 20.0. The molecule has 0 spiro atoms. The molecule has 24 heavy (non-hydrogen) atoms. The van der Waals surface area contributed by atoms with Crippen molar-refractivity contribution in [3.63, 3.8) is 0 Å². The van der Waals surface area contributed by atoms with Gasteiger partial charge in [0, 0.05) is 36.6 Å². The number of aliphatic imine (C=N–C) groups is 1. The van der Waals surface area contributed by atoms with Crippen molar-refractivity contribution in [3.05, 3.63) is 34.3 Å². The van der Waals surface area contributed by atoms with Crippen LogP contribution in [-0.2, 0) is 10.2 Å². The highest BCUT2D eigenvalue weighted by atomic mass is 127. The monoisotopic (exact) mass is 507 g/mol. The zero-order chi connectivity index (χ0) is 16.1. The van der Waals surface area contributed by atoms with E-state index in [2.05, 4.69) is 55.8 Å². The lowest BCUT2D eigenvalue weighted by Gasteiger charge is -2.20. The highest BCUT2D eigenvalue weighted by Gasteiger charge is 2.45. The predicted octanol–water partition coefficient (Wildman–Crippen LogP) is 3.69. The fraction of sp³-hybridized carbons (Fsp3) is 0.611. The molecule has 1 aromatic rings. The molecule has 2 fully saturated rings. The number of hydrogen-bond donors (Lipinski definition) is 2. The van der Waals surface area contributed by atoms with E-state index in [-0.39, 0.29) is 29.4 Å². The topological polar surface area (TPSA) is 45.7 Å². The summed E-state index contributed by atoms with van der Waals surface area (Å²) in [6.45, 7) is 3.37. The van der Waals surface area contributed by atoms with E-state index in [1.165, 1.54) is 35.7 Å². The molecule has 0 amide bonds. The lowest BCUT2D eigenvalue weighted by Crippen LogP contribution is -2.42. The van der Waals surface area contributed by atoms with Gasteiger partial charge < -0.3 is 15.4 Å². The van der Waals surface area contributed by atoms with Crippen molar-refractivity contribution in [3.8, 4) is 0 Å². The number of rotatable bonds is 8. The van der Waals surface area contributed by atoms with Crippen molar-refractivity contribution in [1.29, 1.82) is 0 Å². The van der Waals surface area contributed by atoms with Crippen LogP contribution in [0.3, 0.4) is 0 Å². The molecule has 0 saturated heterocycles. The summed E-state index contributed by atoms with van der Waals surface area (Å²) >= 11 is 3.68. The molecule has 2 N–H and O–H groups in total. The van der Waals surface area contributed by atoms with Crippen LogP contribution < -0.4 is 10.6 Å². The fourth-order valence-electron chi connectivity index (χ4n) is 2.83. The Morgan fingerprint density at radius 3 is 2.67 bits per heavy atom. The summed E-state index contributed by atoms with van der Waals surface area (Å²) in [5.41, 5.74) is 1.65. The van der Waals surface area contributed by atoms with Gasteiger partial charge in [-0.05, 0) is 43.2 Å². The van der Waals surface area contributed by atoms with E-state index in [0.29, 0.717) is 0 Å². The normalized spacial score (nSPS) is 18.7. The second kappa shape index (κ2) is 9.38. The Labute approximate surface area is 170 Å². The van der Waals surface area contributed by atoms with E-state index in [1.54, 1.807) is 0 Å². The van der Waals surface area contributed by atoms with Crippen LogP contribution in [0.4, 0.5) is 0 Å². The first-order valence-corrected chi connectivity index (χ1v) is 9.30. The maximum Gasteiger partial charge on any atom is 0.191 e. The number of ether oxygens (including phenoxy) is 1. The van der Waals surface area contributed by atoms with Crippen LogP contribution >= 0.6 is 39.9 Å². The molecule has 0 aliphatic heterocycles. The summed E-state index contributed by atoms with van der Waals surface area (Å²) < 4.78 is 6.85. The standard InChI is InChI=1S/C18H26BrN3O.HI/c1-20-17(21-10-11-23-12-14-6-7-14)22-13-18(8-9-18)15-4-2-3-5-16(15)19;/h2-5,14H,6-13H2,1H3,(H2,20,21,22);1H. The van der Waals surface area contributed by atoms with Crippen molar-refractivity contribution < 1.29 is 4.74 Å². The maximum atomic E-state index is 5.64. The largest absolute Gasteiger partial charge is 0.379 e. The third-order valence-electron chi connectivity index (χ3n) is 4.71. The number of halogens is 2. The van der Waals surface area contributed by atoms with E-state index in [4.69, 9.17) is 4.74 Å². The molecule has 6 heteroatoms. The van der Waals surface area contributed by atoms with Gasteiger partial charge in [0.25, 0.3) is 0 Å². The zero-order valence-electron chi connectivity index (χ0n) is 14.2. The molecule has 4 nitrogen and oxygen atoms in total. The Hall–Kier alpha value is -0.340. The summed E-state index contributed by atoms with van der Waals surface area (Å²) in [5.74, 6) is 1.69. The molecule has 0 aromatic heterocycles. The minimum Gasteiger partial charge on any atom is -0.379 e. The first-order chi connectivity index (χ1) is 11.2. The highest BCUT2D eigenvalue weighted by Crippen LogP contribution is 2.49. The van der Waals surface area contributed by atoms with Crippen LogP contribution in [0.25, 0.3) is 0 Å². The van der Waals surface area contributed by atoms with Crippen molar-refractivity contribution in [2.24, 2.45) is 10.9 Å². The van der Waals surface area contributed by atoms with Crippen LogP contribution in [0.15, 0.2) is 33.7 Å². The van der Waals surface area contributed by atoms with Crippen LogP contribution in [0, 0.1) is 5.92 Å². The van der Waals surface area contributed by atoms with Gasteiger partial charge in [-0.2, -0.15) is 0 Å². The van der Waals surface area contributed by atoms with Crippen molar-refractivity contribution in [2.45, 2.75) is 31.1 Å². The number of benzene rings is 1. The van der Waals surface area contributed by atoms with E-state index in [9.17, 15) is 0 Å². The lowest BCUT2D eigenvalue weighted by atomic mass is 9.96. The second-order valence-corrected chi connectivity index (χ2v) is 7.49. The molecule has 3 rings (SSSR count). The molecule has 134 valence electrons. The van der Waals surface area contributed by atoms with Gasteiger partial charge in [0.1, 0.15) is 0 Å². The Balaban J connectivity index is 0.00000208. The van der Waals surface area contributed by atoms with Crippen LogP contribution in [0.1, 0.15) is 31.2 Å². The Morgan fingerprint density at radius 2 is 2.04 bits per heavy atom. The van der Waals surface area contributed by atoms with Gasteiger partial charge in [0.05, 0.1) is 6.61 Å². The summed E-state index contributed by atoms with van der Waals surface area (Å²) in [6.07, 6.45) is 5.13. The molecule has 0 unspecified atom stereocenters. The number of guanidine groups is 1. The van der Waals surface area contributed by atoms with Crippen molar-refractivity contribution in [1.82, 2.24) is 10.6 Å². The molecule has 0 heterocycles. The maximum absolute atomic E-state index is 5.64. The van der Waals surface area contributed by atoms with Gasteiger partial charge in [-0.15, -0.1) is 24.0 Å². The quantitative estimate of drug-likeness (QED) is 0.244. The van der Waals surface area contributed by atoms with Crippen LogP contribution in [-0.4, -0.2) is 39.3 Å². The van der Waals surface area contributed by atoms with Gasteiger partial charge in [-0.25, -0.2) is 0 Å². The van der Waals surface area contributed by atoms with Gasteiger partial charge >= 0.3 is 0 Å². The third-order valence-corrected chi connectivity index (χ3v) is 5.40. The summed E-state index contributed by atoms with van der Waals surface area (Å²) in [6, 6.07) is 8.53. The molecule has 2 saturated carbocycles. The molecule has 2 aliphatic carbocycles. The van der Waals surface area contributed by atoms with Gasteiger partial charge in [0.15, 0.2) is 5.96 Å². The third kappa shape index (κ3) is 5.59. The Kier molecular flexibility index (Phi) is 7.81. The van der Waals surface area contributed by atoms with E-state index in [0.717, 1.165) is 38.2 Å². The molecular weight excluding hydrogens is 481 g/mol. The fourth-order valence-corrected chi connectivity index (χ4v) is 3.54. The van der Waals surface area contributed by atoms with Gasteiger partial charge in [0.2, 0.25) is 0 Å². The Bertz CT molecular complexity index is 559. The Morgan fingerprint density at radius 1 is 1.29 bits per heavy atom. The molecule has 1 aromatic carbocycles. The summed E-state index contributed by atoms with van der Waals surface area (Å²) in [5, 5.41) is 6.80. The summed E-state index contributed by atoms with van der Waals surface area (Å²) in [4.78, 5) is 4.31. The molecule has 0 bridgehead atoms. The van der Waals surface area contributed by atoms with Crippen LogP contribution in [0.5, 0.6) is 0 Å². The number of hydrogen-bond acceptors (Lipinski definition) is 2. The second-order valence-electron chi connectivity index (χ2n) is 6.63.